The molecule has 0 heterocycles. The molecule has 0 saturated heterocycles. The molecular weight excluding hydrogens is 243 g/mol. The number of anilines is 2. The molecule has 0 aromatic heterocycles. The van der Waals surface area contributed by atoms with Crippen LogP contribution in [0, 0.1) is 17.1 Å². The van der Waals surface area contributed by atoms with E-state index in [1.165, 1.54) is 6.07 Å². The second-order valence-corrected chi connectivity index (χ2v) is 3.86. The van der Waals surface area contributed by atoms with Gasteiger partial charge in [-0.2, -0.15) is 5.26 Å². The molecule has 0 aliphatic carbocycles. The molecule has 0 amide bonds. The fourth-order valence-corrected chi connectivity index (χ4v) is 1.70. The molecule has 2 rings (SSSR count). The summed E-state index contributed by atoms with van der Waals surface area (Å²) in [4.78, 5) is 0. The maximum atomic E-state index is 13.7. The van der Waals surface area contributed by atoms with E-state index in [9.17, 15) is 4.39 Å². The van der Waals surface area contributed by atoms with E-state index < -0.39 is 5.82 Å². The predicted molar refractivity (Wildman–Crippen MR) is 72.0 cm³/mol. The first-order valence-corrected chi connectivity index (χ1v) is 5.93. The Balaban J connectivity index is 2.24. The fourth-order valence-electron chi connectivity index (χ4n) is 1.70. The van der Waals surface area contributed by atoms with Gasteiger partial charge in [0.1, 0.15) is 6.07 Å². The highest BCUT2D eigenvalue weighted by Gasteiger charge is 2.06. The summed E-state index contributed by atoms with van der Waals surface area (Å²) in [7, 11) is 0. The third-order valence-electron chi connectivity index (χ3n) is 2.56. The van der Waals surface area contributed by atoms with Crippen LogP contribution in [0.3, 0.4) is 0 Å². The summed E-state index contributed by atoms with van der Waals surface area (Å²) in [6.45, 7) is 2.22. The van der Waals surface area contributed by atoms with Crippen LogP contribution in [0.1, 0.15) is 12.5 Å². The summed E-state index contributed by atoms with van der Waals surface area (Å²) in [5.74, 6) is -0.206. The second-order valence-electron chi connectivity index (χ2n) is 3.86. The number of benzene rings is 2. The first kappa shape index (κ1) is 12.9. The molecule has 1 N–H and O–H groups in total. The lowest BCUT2D eigenvalue weighted by Gasteiger charge is -2.10. The third kappa shape index (κ3) is 3.02. The lowest BCUT2D eigenvalue weighted by molar-refractivity contribution is 0.321. The minimum absolute atomic E-state index is 0.224. The lowest BCUT2D eigenvalue weighted by Crippen LogP contribution is -1.97. The monoisotopic (exact) mass is 256 g/mol. The average molecular weight is 256 g/mol. The van der Waals surface area contributed by atoms with Crippen molar-refractivity contribution >= 4 is 11.4 Å². The highest BCUT2D eigenvalue weighted by molar-refractivity contribution is 5.66. The molecule has 4 heteroatoms. The van der Waals surface area contributed by atoms with E-state index in [0.717, 1.165) is 0 Å². The maximum Gasteiger partial charge on any atom is 0.167 e. The summed E-state index contributed by atoms with van der Waals surface area (Å²) in [5.41, 5.74) is 1.73. The van der Waals surface area contributed by atoms with E-state index >= 15 is 0 Å². The van der Waals surface area contributed by atoms with Crippen LogP contribution in [0.4, 0.5) is 15.8 Å². The number of ether oxygens (including phenoxy) is 1. The van der Waals surface area contributed by atoms with Crippen LogP contribution in [0.2, 0.25) is 0 Å². The Morgan fingerprint density at radius 2 is 2.05 bits per heavy atom. The highest BCUT2D eigenvalue weighted by Crippen LogP contribution is 2.25. The maximum absolute atomic E-state index is 13.7. The zero-order valence-corrected chi connectivity index (χ0v) is 10.5. The van der Waals surface area contributed by atoms with Crippen molar-refractivity contribution in [1.82, 2.24) is 0 Å². The van der Waals surface area contributed by atoms with E-state index in [4.69, 9.17) is 10.00 Å². The van der Waals surface area contributed by atoms with Gasteiger partial charge in [0.25, 0.3) is 0 Å². The number of hydrogen-bond donors (Lipinski definition) is 1. The van der Waals surface area contributed by atoms with Gasteiger partial charge in [-0.05, 0) is 31.2 Å². The van der Waals surface area contributed by atoms with Crippen molar-refractivity contribution in [2.45, 2.75) is 6.92 Å². The molecule has 0 atom stereocenters. The number of nitriles is 1. The van der Waals surface area contributed by atoms with E-state index in [2.05, 4.69) is 11.4 Å². The summed E-state index contributed by atoms with van der Waals surface area (Å²) in [6, 6.07) is 13.8. The second kappa shape index (κ2) is 5.87. The largest absolute Gasteiger partial charge is 0.491 e. The van der Waals surface area contributed by atoms with Gasteiger partial charge in [0.05, 0.1) is 17.9 Å². The quantitative estimate of drug-likeness (QED) is 0.903. The minimum Gasteiger partial charge on any atom is -0.491 e. The van der Waals surface area contributed by atoms with Gasteiger partial charge in [0.2, 0.25) is 0 Å². The Labute approximate surface area is 111 Å². The van der Waals surface area contributed by atoms with Crippen molar-refractivity contribution in [1.29, 1.82) is 5.26 Å². The smallest absolute Gasteiger partial charge is 0.167 e. The number of nitrogens with one attached hydrogen (secondary N) is 1. The molecule has 0 aliphatic rings. The number of hydrogen-bond acceptors (Lipinski definition) is 3. The van der Waals surface area contributed by atoms with Crippen LogP contribution in [-0.2, 0) is 0 Å². The van der Waals surface area contributed by atoms with E-state index in [0.29, 0.717) is 23.5 Å². The minimum atomic E-state index is -0.429. The zero-order valence-electron chi connectivity index (χ0n) is 10.5. The molecule has 0 saturated carbocycles. The number of nitrogens with zero attached hydrogens (tertiary/aromatic N) is 1. The molecule has 0 fully saturated rings. The molecule has 0 bridgehead atoms. The van der Waals surface area contributed by atoms with Crippen molar-refractivity contribution in [2.75, 3.05) is 11.9 Å². The van der Waals surface area contributed by atoms with Crippen LogP contribution in [-0.4, -0.2) is 6.61 Å². The van der Waals surface area contributed by atoms with Gasteiger partial charge in [0.15, 0.2) is 11.6 Å². The summed E-state index contributed by atoms with van der Waals surface area (Å²) >= 11 is 0. The zero-order chi connectivity index (χ0) is 13.7. The molecule has 96 valence electrons. The van der Waals surface area contributed by atoms with Gasteiger partial charge >= 0.3 is 0 Å². The average Bonchev–Trinajstić information content (AvgIpc) is 2.43. The molecule has 0 unspecified atom stereocenters. The van der Waals surface area contributed by atoms with Crippen molar-refractivity contribution in [3.05, 3.63) is 53.8 Å². The molecule has 0 radical (unpaired) electrons. The van der Waals surface area contributed by atoms with Gasteiger partial charge < -0.3 is 10.1 Å². The van der Waals surface area contributed by atoms with Gasteiger partial charge in [-0.1, -0.05) is 12.1 Å². The Hall–Kier alpha value is -2.54. The summed E-state index contributed by atoms with van der Waals surface area (Å²) in [5, 5.41) is 12.0. The topological polar surface area (TPSA) is 45.0 Å². The highest BCUT2D eigenvalue weighted by atomic mass is 19.1. The van der Waals surface area contributed by atoms with Gasteiger partial charge in [0, 0.05) is 11.8 Å². The molecule has 2 aromatic carbocycles. The lowest BCUT2D eigenvalue weighted by atomic mass is 10.2. The summed E-state index contributed by atoms with van der Waals surface area (Å²) < 4.78 is 18.8. The van der Waals surface area contributed by atoms with E-state index in [1.54, 1.807) is 37.3 Å². The van der Waals surface area contributed by atoms with Crippen molar-refractivity contribution in [3.8, 4) is 11.8 Å². The fraction of sp³-hybridized carbons (Fsp3) is 0.133. The SMILES string of the molecule is CCOc1ccc(Nc2ccccc2C#N)cc1F. The van der Waals surface area contributed by atoms with Crippen LogP contribution in [0.15, 0.2) is 42.5 Å². The molecule has 19 heavy (non-hydrogen) atoms. The third-order valence-corrected chi connectivity index (χ3v) is 2.56. The molecule has 0 spiro atoms. The van der Waals surface area contributed by atoms with Gasteiger partial charge in [-0.15, -0.1) is 0 Å². The molecule has 0 aliphatic heterocycles. The van der Waals surface area contributed by atoms with Crippen LogP contribution in [0.5, 0.6) is 5.75 Å². The van der Waals surface area contributed by atoms with Crippen molar-refractivity contribution in [2.24, 2.45) is 0 Å². The molecule has 2 aromatic rings. The first-order valence-electron chi connectivity index (χ1n) is 5.93. The van der Waals surface area contributed by atoms with E-state index in [-0.39, 0.29) is 5.75 Å². The van der Waals surface area contributed by atoms with E-state index in [1.807, 2.05) is 6.07 Å². The Bertz CT molecular complexity index is 620. The first-order chi connectivity index (χ1) is 9.24. The van der Waals surface area contributed by atoms with Gasteiger partial charge in [-0.3, -0.25) is 0 Å². The predicted octanol–water partition coefficient (Wildman–Crippen LogP) is 3.84. The Morgan fingerprint density at radius 3 is 2.74 bits per heavy atom. The Morgan fingerprint density at radius 1 is 1.26 bits per heavy atom. The Kier molecular flexibility index (Phi) is 3.99. The standard InChI is InChI=1S/C15H13FN2O/c1-2-19-15-8-7-12(9-13(15)16)18-14-6-4-3-5-11(14)10-17/h3-9,18H,2H2,1H3. The number of para-hydroxylation sites is 1. The van der Waals surface area contributed by atoms with Gasteiger partial charge in [-0.25, -0.2) is 4.39 Å². The van der Waals surface area contributed by atoms with Crippen molar-refractivity contribution < 1.29 is 9.13 Å². The summed E-state index contributed by atoms with van der Waals surface area (Å²) in [6.07, 6.45) is 0. The normalized spacial score (nSPS) is 9.74. The van der Waals surface area contributed by atoms with Crippen LogP contribution >= 0.6 is 0 Å². The van der Waals surface area contributed by atoms with Crippen LogP contribution < -0.4 is 10.1 Å². The molecule has 3 nitrogen and oxygen atoms in total. The number of halogens is 1. The van der Waals surface area contributed by atoms with Crippen LogP contribution in [0.25, 0.3) is 0 Å². The number of rotatable bonds is 4. The molecular formula is C15H13FN2O. The van der Waals surface area contributed by atoms with Crippen molar-refractivity contribution in [3.63, 3.8) is 0 Å².